The van der Waals surface area contributed by atoms with Crippen molar-refractivity contribution in [3.05, 3.63) is 28.4 Å². The van der Waals surface area contributed by atoms with Gasteiger partial charge in [0.2, 0.25) is 0 Å². The number of ether oxygens (including phenoxy) is 1. The SMILES string of the molecule is O=[N+]([O-])c1ccc(NCCCOCC2CC2)cn1. The van der Waals surface area contributed by atoms with Gasteiger partial charge in [0.05, 0.1) is 5.69 Å². The van der Waals surface area contributed by atoms with Crippen LogP contribution in [0.2, 0.25) is 0 Å². The molecule has 1 aromatic rings. The Labute approximate surface area is 106 Å². The second kappa shape index (κ2) is 6.30. The molecule has 0 atom stereocenters. The molecule has 1 aliphatic rings. The molecule has 0 saturated heterocycles. The Bertz CT molecular complexity index is 390. The first-order chi connectivity index (χ1) is 8.75. The summed E-state index contributed by atoms with van der Waals surface area (Å²) in [5.74, 6) is 0.671. The average Bonchev–Trinajstić information content (AvgIpc) is 3.18. The van der Waals surface area contributed by atoms with E-state index in [1.165, 1.54) is 25.1 Å². The van der Waals surface area contributed by atoms with E-state index in [0.717, 1.165) is 37.8 Å². The average molecular weight is 251 g/mol. The molecule has 2 rings (SSSR count). The summed E-state index contributed by atoms with van der Waals surface area (Å²) in [6.07, 6.45) is 5.02. The highest BCUT2D eigenvalue weighted by atomic mass is 16.6. The molecule has 98 valence electrons. The van der Waals surface area contributed by atoms with Gasteiger partial charge in [-0.05, 0) is 41.2 Å². The van der Waals surface area contributed by atoms with E-state index in [9.17, 15) is 10.1 Å². The summed E-state index contributed by atoms with van der Waals surface area (Å²) >= 11 is 0. The van der Waals surface area contributed by atoms with E-state index in [0.29, 0.717) is 0 Å². The van der Waals surface area contributed by atoms with Crippen LogP contribution in [-0.2, 0) is 4.74 Å². The number of aromatic nitrogens is 1. The monoisotopic (exact) mass is 251 g/mol. The zero-order valence-electron chi connectivity index (χ0n) is 10.2. The van der Waals surface area contributed by atoms with Gasteiger partial charge < -0.3 is 20.2 Å². The molecule has 0 aliphatic heterocycles. The third-order valence-corrected chi connectivity index (χ3v) is 2.78. The summed E-state index contributed by atoms with van der Waals surface area (Å²) in [6.45, 7) is 2.42. The van der Waals surface area contributed by atoms with Gasteiger partial charge in [-0.15, -0.1) is 0 Å². The number of anilines is 1. The highest BCUT2D eigenvalue weighted by Gasteiger charge is 2.20. The van der Waals surface area contributed by atoms with Crippen LogP contribution in [0.1, 0.15) is 19.3 Å². The fraction of sp³-hybridized carbons (Fsp3) is 0.583. The maximum Gasteiger partial charge on any atom is 0.363 e. The van der Waals surface area contributed by atoms with Gasteiger partial charge in [0, 0.05) is 25.8 Å². The Morgan fingerprint density at radius 3 is 2.94 bits per heavy atom. The lowest BCUT2D eigenvalue weighted by atomic mass is 10.3. The van der Waals surface area contributed by atoms with Crippen LogP contribution >= 0.6 is 0 Å². The van der Waals surface area contributed by atoms with E-state index in [-0.39, 0.29) is 5.82 Å². The van der Waals surface area contributed by atoms with Gasteiger partial charge >= 0.3 is 5.82 Å². The predicted molar refractivity (Wildman–Crippen MR) is 67.5 cm³/mol. The Balaban J connectivity index is 1.58. The lowest BCUT2D eigenvalue weighted by molar-refractivity contribution is -0.389. The van der Waals surface area contributed by atoms with Crippen LogP contribution in [0, 0.1) is 16.0 Å². The fourth-order valence-corrected chi connectivity index (χ4v) is 1.54. The van der Waals surface area contributed by atoms with E-state index in [1.54, 1.807) is 6.07 Å². The molecule has 1 N–H and O–H groups in total. The van der Waals surface area contributed by atoms with Crippen molar-refractivity contribution >= 4 is 11.5 Å². The Morgan fingerprint density at radius 1 is 1.50 bits per heavy atom. The molecule has 0 aromatic carbocycles. The normalized spacial score (nSPS) is 14.4. The quantitative estimate of drug-likeness (QED) is 0.435. The first-order valence-electron chi connectivity index (χ1n) is 6.18. The summed E-state index contributed by atoms with van der Waals surface area (Å²) in [7, 11) is 0. The first-order valence-corrected chi connectivity index (χ1v) is 6.18. The van der Waals surface area contributed by atoms with Crippen LogP contribution in [0.25, 0.3) is 0 Å². The molecule has 18 heavy (non-hydrogen) atoms. The topological polar surface area (TPSA) is 77.3 Å². The van der Waals surface area contributed by atoms with E-state index >= 15 is 0 Å². The van der Waals surface area contributed by atoms with Crippen molar-refractivity contribution in [2.45, 2.75) is 19.3 Å². The Hall–Kier alpha value is -1.69. The van der Waals surface area contributed by atoms with Crippen molar-refractivity contribution in [1.29, 1.82) is 0 Å². The van der Waals surface area contributed by atoms with Crippen molar-refractivity contribution in [2.75, 3.05) is 25.1 Å². The molecule has 1 heterocycles. The van der Waals surface area contributed by atoms with Crippen molar-refractivity contribution in [3.8, 4) is 0 Å². The molecular weight excluding hydrogens is 234 g/mol. The van der Waals surface area contributed by atoms with Gasteiger partial charge in [0.25, 0.3) is 0 Å². The molecule has 0 spiro atoms. The maximum atomic E-state index is 10.4. The minimum atomic E-state index is -0.504. The van der Waals surface area contributed by atoms with Gasteiger partial charge in [0.15, 0.2) is 6.20 Å². The minimum absolute atomic E-state index is 0.131. The lowest BCUT2D eigenvalue weighted by Crippen LogP contribution is -2.07. The number of rotatable bonds is 8. The molecule has 1 aromatic heterocycles. The maximum absolute atomic E-state index is 10.4. The van der Waals surface area contributed by atoms with E-state index in [4.69, 9.17) is 4.74 Å². The second-order valence-electron chi connectivity index (χ2n) is 4.46. The summed E-state index contributed by atoms with van der Waals surface area (Å²) < 4.78 is 5.50. The van der Waals surface area contributed by atoms with Crippen LogP contribution in [0.5, 0.6) is 0 Å². The number of nitrogens with one attached hydrogen (secondary N) is 1. The Kier molecular flexibility index (Phi) is 4.46. The summed E-state index contributed by atoms with van der Waals surface area (Å²) in [5, 5.41) is 13.6. The van der Waals surface area contributed by atoms with Gasteiger partial charge in [-0.2, -0.15) is 0 Å². The summed E-state index contributed by atoms with van der Waals surface area (Å²) in [4.78, 5) is 13.6. The molecule has 0 amide bonds. The van der Waals surface area contributed by atoms with Crippen LogP contribution in [0.15, 0.2) is 18.3 Å². The second-order valence-corrected chi connectivity index (χ2v) is 4.46. The van der Waals surface area contributed by atoms with E-state index in [2.05, 4.69) is 10.3 Å². The third-order valence-electron chi connectivity index (χ3n) is 2.78. The smallest absolute Gasteiger partial charge is 0.363 e. The fourth-order valence-electron chi connectivity index (χ4n) is 1.54. The van der Waals surface area contributed by atoms with E-state index in [1.807, 2.05) is 0 Å². The molecule has 6 heteroatoms. The standard InChI is InChI=1S/C12H17N3O3/c16-15(17)12-5-4-11(8-14-12)13-6-1-7-18-9-10-2-3-10/h4-5,8,10,13H,1-3,6-7,9H2. The number of nitrogens with zero attached hydrogens (tertiary/aromatic N) is 2. The van der Waals surface area contributed by atoms with Crippen LogP contribution in [-0.4, -0.2) is 29.7 Å². The zero-order valence-corrected chi connectivity index (χ0v) is 10.2. The number of hydrogen-bond acceptors (Lipinski definition) is 5. The van der Waals surface area contributed by atoms with Crippen molar-refractivity contribution in [2.24, 2.45) is 5.92 Å². The van der Waals surface area contributed by atoms with Crippen LogP contribution in [0.3, 0.4) is 0 Å². The van der Waals surface area contributed by atoms with Gasteiger partial charge in [-0.25, -0.2) is 0 Å². The van der Waals surface area contributed by atoms with Gasteiger partial charge in [-0.1, -0.05) is 0 Å². The van der Waals surface area contributed by atoms with Crippen LogP contribution < -0.4 is 5.32 Å². The highest BCUT2D eigenvalue weighted by Crippen LogP contribution is 2.28. The lowest BCUT2D eigenvalue weighted by Gasteiger charge is -2.05. The molecule has 0 unspecified atom stereocenters. The predicted octanol–water partition coefficient (Wildman–Crippen LogP) is 2.22. The van der Waals surface area contributed by atoms with Crippen molar-refractivity contribution in [1.82, 2.24) is 4.98 Å². The van der Waals surface area contributed by atoms with Crippen molar-refractivity contribution < 1.29 is 9.66 Å². The first kappa shape index (κ1) is 12.8. The van der Waals surface area contributed by atoms with E-state index < -0.39 is 4.92 Å². The summed E-state index contributed by atoms with van der Waals surface area (Å²) in [6, 6.07) is 3.06. The number of pyridine rings is 1. The molecule has 0 bridgehead atoms. The zero-order chi connectivity index (χ0) is 12.8. The molecule has 1 aliphatic carbocycles. The molecule has 0 radical (unpaired) electrons. The minimum Gasteiger partial charge on any atom is -0.382 e. The Morgan fingerprint density at radius 2 is 2.33 bits per heavy atom. The molecular formula is C12H17N3O3. The van der Waals surface area contributed by atoms with Crippen LogP contribution in [0.4, 0.5) is 11.5 Å². The number of nitro groups is 1. The highest BCUT2D eigenvalue weighted by molar-refractivity contribution is 5.43. The third kappa shape index (κ3) is 4.29. The largest absolute Gasteiger partial charge is 0.382 e. The van der Waals surface area contributed by atoms with Gasteiger partial charge in [-0.3, -0.25) is 0 Å². The molecule has 6 nitrogen and oxygen atoms in total. The summed E-state index contributed by atoms with van der Waals surface area (Å²) in [5.41, 5.74) is 0.794. The van der Waals surface area contributed by atoms with Gasteiger partial charge in [0.1, 0.15) is 0 Å². The van der Waals surface area contributed by atoms with Crippen molar-refractivity contribution in [3.63, 3.8) is 0 Å². The molecule has 1 saturated carbocycles. The number of hydrogen-bond donors (Lipinski definition) is 1. The molecule has 1 fully saturated rings.